The lowest BCUT2D eigenvalue weighted by atomic mass is 10.2. The number of carbonyl (C=O) groups excluding carboxylic acids is 2. The Morgan fingerprint density at radius 2 is 0.955 bits per heavy atom. The van der Waals surface area contributed by atoms with Crippen LogP contribution in [0.4, 0.5) is 0 Å². The summed E-state index contributed by atoms with van der Waals surface area (Å²) in [6, 6.07) is 27.3. The van der Waals surface area contributed by atoms with Crippen LogP contribution in [-0.4, -0.2) is 47.9 Å². The maximum Gasteiger partial charge on any atom is 0.260 e. The molecule has 2 amide bonds. The lowest BCUT2D eigenvalue weighted by Gasteiger charge is -2.29. The second-order valence-corrected chi connectivity index (χ2v) is 13.8. The number of hydrogen-bond acceptors (Lipinski definition) is 4. The normalized spacial score (nSPS) is 10.8. The number of aryl methyl sites for hydroxylation is 2. The zero-order valence-electron chi connectivity index (χ0n) is 24.4. The molecule has 0 fully saturated rings. The standard InChI is InChI=1S/C34H32Br4N2O4/c1-23-15-27(35)17-29(37)33(23)43-21-31(41)39(19-25-9-5-3-6-10-25)13-14-40(20-26-11-7-4-8-12-26)32(42)22-44-34-24(2)16-28(36)18-30(34)38/h3-12,15-18H,13-14,19-22H2,1-2H3. The first-order valence-electron chi connectivity index (χ1n) is 13.9. The summed E-state index contributed by atoms with van der Waals surface area (Å²) in [7, 11) is 0. The lowest BCUT2D eigenvalue weighted by Crippen LogP contribution is -2.43. The van der Waals surface area contributed by atoms with E-state index in [4.69, 9.17) is 9.47 Å². The van der Waals surface area contributed by atoms with Crippen molar-refractivity contribution < 1.29 is 19.1 Å². The molecule has 0 aromatic heterocycles. The van der Waals surface area contributed by atoms with E-state index in [0.29, 0.717) is 37.7 Å². The Bertz CT molecular complexity index is 1420. The molecule has 0 radical (unpaired) electrons. The van der Waals surface area contributed by atoms with Crippen molar-refractivity contribution in [3.8, 4) is 11.5 Å². The minimum Gasteiger partial charge on any atom is -0.482 e. The average Bonchev–Trinajstić information content (AvgIpc) is 2.98. The minimum atomic E-state index is -0.180. The minimum absolute atomic E-state index is 0.138. The molecular formula is C34H32Br4N2O4. The van der Waals surface area contributed by atoms with Gasteiger partial charge in [-0.2, -0.15) is 0 Å². The highest BCUT2D eigenvalue weighted by Gasteiger charge is 2.21. The fourth-order valence-electron chi connectivity index (χ4n) is 4.63. The van der Waals surface area contributed by atoms with E-state index in [0.717, 1.165) is 40.1 Å². The molecule has 0 bridgehead atoms. The van der Waals surface area contributed by atoms with Gasteiger partial charge in [-0.25, -0.2) is 0 Å². The molecule has 4 rings (SSSR count). The molecule has 0 N–H and O–H groups in total. The molecule has 230 valence electrons. The molecule has 6 nitrogen and oxygen atoms in total. The smallest absolute Gasteiger partial charge is 0.260 e. The number of amides is 2. The predicted octanol–water partition coefficient (Wildman–Crippen LogP) is 8.87. The quantitative estimate of drug-likeness (QED) is 0.135. The number of benzene rings is 4. The van der Waals surface area contributed by atoms with Crippen molar-refractivity contribution in [1.29, 1.82) is 0 Å². The summed E-state index contributed by atoms with van der Waals surface area (Å²) in [4.78, 5) is 30.7. The van der Waals surface area contributed by atoms with Crippen LogP contribution >= 0.6 is 63.7 Å². The van der Waals surface area contributed by atoms with E-state index in [-0.39, 0.29) is 25.0 Å². The maximum absolute atomic E-state index is 13.6. The third kappa shape index (κ3) is 9.92. The molecule has 4 aromatic rings. The summed E-state index contributed by atoms with van der Waals surface area (Å²) in [6.45, 7) is 4.99. The van der Waals surface area contributed by atoms with Crippen molar-refractivity contribution in [2.24, 2.45) is 0 Å². The van der Waals surface area contributed by atoms with Gasteiger partial charge >= 0.3 is 0 Å². The van der Waals surface area contributed by atoms with Crippen molar-refractivity contribution in [2.45, 2.75) is 26.9 Å². The van der Waals surface area contributed by atoms with Crippen LogP contribution < -0.4 is 9.47 Å². The van der Waals surface area contributed by atoms with E-state index in [2.05, 4.69) is 63.7 Å². The highest BCUT2D eigenvalue weighted by molar-refractivity contribution is 9.11. The van der Waals surface area contributed by atoms with Crippen LogP contribution in [0, 0.1) is 13.8 Å². The van der Waals surface area contributed by atoms with Crippen molar-refractivity contribution in [2.75, 3.05) is 26.3 Å². The van der Waals surface area contributed by atoms with Crippen LogP contribution in [0.5, 0.6) is 11.5 Å². The molecule has 0 saturated carbocycles. The highest BCUT2D eigenvalue weighted by Crippen LogP contribution is 2.33. The molecule has 0 saturated heterocycles. The second kappa shape index (κ2) is 16.6. The first-order valence-corrected chi connectivity index (χ1v) is 17.1. The number of nitrogens with zero attached hydrogens (tertiary/aromatic N) is 2. The van der Waals surface area contributed by atoms with Gasteiger partial charge in [-0.15, -0.1) is 0 Å². The molecule has 0 atom stereocenters. The number of ether oxygens (including phenoxy) is 2. The van der Waals surface area contributed by atoms with Crippen LogP contribution in [-0.2, 0) is 22.7 Å². The van der Waals surface area contributed by atoms with Gasteiger partial charge in [0.05, 0.1) is 8.95 Å². The average molecular weight is 852 g/mol. The molecule has 4 aromatic carbocycles. The van der Waals surface area contributed by atoms with Gasteiger partial charge in [0.25, 0.3) is 11.8 Å². The van der Waals surface area contributed by atoms with Crippen LogP contribution in [0.15, 0.2) is 103 Å². The van der Waals surface area contributed by atoms with E-state index in [9.17, 15) is 9.59 Å². The second-order valence-electron chi connectivity index (χ2n) is 10.2. The maximum atomic E-state index is 13.6. The fourth-order valence-corrected chi connectivity index (χ4v) is 7.73. The molecule has 0 heterocycles. The third-order valence-corrected chi connectivity index (χ3v) is 8.94. The Labute approximate surface area is 292 Å². The summed E-state index contributed by atoms with van der Waals surface area (Å²) in [5.74, 6) is 0.879. The van der Waals surface area contributed by atoms with Gasteiger partial charge < -0.3 is 19.3 Å². The van der Waals surface area contributed by atoms with E-state index >= 15 is 0 Å². The molecule has 0 aliphatic heterocycles. The molecule has 0 unspecified atom stereocenters. The van der Waals surface area contributed by atoms with E-state index in [1.54, 1.807) is 9.80 Å². The van der Waals surface area contributed by atoms with Crippen molar-refractivity contribution >= 4 is 75.5 Å². The van der Waals surface area contributed by atoms with Gasteiger partial charge in [-0.05, 0) is 92.2 Å². The van der Waals surface area contributed by atoms with Gasteiger partial charge in [0.2, 0.25) is 0 Å². The zero-order chi connectivity index (χ0) is 31.6. The first-order chi connectivity index (χ1) is 21.1. The van der Waals surface area contributed by atoms with Crippen molar-refractivity contribution in [3.63, 3.8) is 0 Å². The number of halogens is 4. The van der Waals surface area contributed by atoms with Gasteiger partial charge in [-0.3, -0.25) is 9.59 Å². The SMILES string of the molecule is Cc1cc(Br)cc(Br)c1OCC(=O)N(CCN(Cc1ccccc1)C(=O)COc1c(C)cc(Br)cc1Br)Cc1ccccc1. The number of hydrogen-bond donors (Lipinski definition) is 0. The van der Waals surface area contributed by atoms with E-state index in [1.165, 1.54) is 0 Å². The first kappa shape index (κ1) is 34.2. The Balaban J connectivity index is 1.50. The topological polar surface area (TPSA) is 59.1 Å². The molecule has 44 heavy (non-hydrogen) atoms. The van der Waals surface area contributed by atoms with Crippen molar-refractivity contribution in [1.82, 2.24) is 9.80 Å². The molecule has 0 spiro atoms. The molecule has 0 aliphatic carbocycles. The van der Waals surface area contributed by atoms with Gasteiger partial charge in [0.1, 0.15) is 11.5 Å². The summed E-state index contributed by atoms with van der Waals surface area (Å²) in [6.07, 6.45) is 0. The van der Waals surface area contributed by atoms with E-state index in [1.807, 2.05) is 98.8 Å². The van der Waals surface area contributed by atoms with Crippen LogP contribution in [0.1, 0.15) is 22.3 Å². The molecule has 0 aliphatic rings. The summed E-state index contributed by atoms with van der Waals surface area (Å²) in [5, 5.41) is 0. The lowest BCUT2D eigenvalue weighted by molar-refractivity contribution is -0.138. The summed E-state index contributed by atoms with van der Waals surface area (Å²) in [5.41, 5.74) is 3.78. The predicted molar refractivity (Wildman–Crippen MR) is 188 cm³/mol. The summed E-state index contributed by atoms with van der Waals surface area (Å²) >= 11 is 14.0. The Morgan fingerprint density at radius 1 is 0.591 bits per heavy atom. The molecular weight excluding hydrogens is 820 g/mol. The largest absolute Gasteiger partial charge is 0.482 e. The van der Waals surface area contributed by atoms with Crippen LogP contribution in [0.2, 0.25) is 0 Å². The fraction of sp³-hybridized carbons (Fsp3) is 0.235. The number of carbonyl (C=O) groups is 2. The Hall–Kier alpha value is -2.66. The summed E-state index contributed by atoms with van der Waals surface area (Å²) < 4.78 is 15.4. The Kier molecular flexibility index (Phi) is 12.9. The van der Waals surface area contributed by atoms with E-state index < -0.39 is 0 Å². The third-order valence-electron chi connectivity index (χ3n) is 6.85. The monoisotopic (exact) mass is 848 g/mol. The van der Waals surface area contributed by atoms with Gasteiger partial charge in [-0.1, -0.05) is 92.5 Å². The van der Waals surface area contributed by atoms with Crippen molar-refractivity contribution in [3.05, 3.63) is 125 Å². The highest BCUT2D eigenvalue weighted by atomic mass is 79.9. The van der Waals surface area contributed by atoms with Crippen LogP contribution in [0.25, 0.3) is 0 Å². The molecule has 10 heteroatoms. The Morgan fingerprint density at radius 3 is 1.30 bits per heavy atom. The number of rotatable bonds is 13. The zero-order valence-corrected chi connectivity index (χ0v) is 30.7. The van der Waals surface area contributed by atoms with Gasteiger partial charge in [0, 0.05) is 35.1 Å². The van der Waals surface area contributed by atoms with Gasteiger partial charge in [0.15, 0.2) is 13.2 Å². The van der Waals surface area contributed by atoms with Crippen LogP contribution in [0.3, 0.4) is 0 Å².